The minimum absolute atomic E-state index is 0.0853. The summed E-state index contributed by atoms with van der Waals surface area (Å²) in [5.41, 5.74) is 6.30. The minimum Gasteiger partial charge on any atom is -0.461 e. The zero-order valence-corrected chi connectivity index (χ0v) is 9.23. The lowest BCUT2D eigenvalue weighted by molar-refractivity contribution is -0.142. The van der Waals surface area contributed by atoms with Crippen molar-refractivity contribution in [1.82, 2.24) is 0 Å². The molecule has 0 bridgehead atoms. The van der Waals surface area contributed by atoms with Crippen LogP contribution in [0.5, 0.6) is 0 Å². The number of ether oxygens (including phenoxy) is 1. The van der Waals surface area contributed by atoms with Crippen LogP contribution in [-0.4, -0.2) is 5.97 Å². The molecule has 0 aliphatic heterocycles. The summed E-state index contributed by atoms with van der Waals surface area (Å²) >= 11 is 0. The van der Waals surface area contributed by atoms with E-state index in [1.807, 2.05) is 0 Å². The predicted molar refractivity (Wildman–Crippen MR) is 62.4 cm³/mol. The summed E-state index contributed by atoms with van der Waals surface area (Å²) in [6.45, 7) is 1.20. The van der Waals surface area contributed by atoms with Crippen molar-refractivity contribution in [2.24, 2.45) is 0 Å². The Kier molecular flexibility index (Phi) is 2.82. The second-order valence-corrected chi connectivity index (χ2v) is 3.64. The van der Waals surface area contributed by atoms with E-state index in [2.05, 4.69) is 0 Å². The summed E-state index contributed by atoms with van der Waals surface area (Å²) in [5.74, 6) is -0.443. The maximum Gasteiger partial charge on any atom is 0.342 e. The fraction of sp³-hybridized carbons (Fsp3) is 0.167. The van der Waals surface area contributed by atoms with E-state index in [9.17, 15) is 9.59 Å². The molecule has 17 heavy (non-hydrogen) atoms. The highest BCUT2D eigenvalue weighted by atomic mass is 16.5. The number of esters is 1. The van der Waals surface area contributed by atoms with Crippen LogP contribution in [0.25, 0.3) is 11.0 Å². The third-order valence-corrected chi connectivity index (χ3v) is 2.26. The van der Waals surface area contributed by atoms with Crippen molar-refractivity contribution >= 4 is 22.6 Å². The van der Waals surface area contributed by atoms with Crippen LogP contribution in [0.1, 0.15) is 12.5 Å². The Labute approximate surface area is 96.8 Å². The molecule has 0 saturated carbocycles. The van der Waals surface area contributed by atoms with Crippen molar-refractivity contribution in [1.29, 1.82) is 0 Å². The third-order valence-electron chi connectivity index (χ3n) is 2.26. The standard InChI is InChI=1S/C12H11NO4/c1-7(14)16-6-9-4-8-2-3-10(13)5-11(8)17-12(9)15/h2-5H,6,13H2,1H3. The number of hydrogen-bond acceptors (Lipinski definition) is 5. The molecule has 2 rings (SSSR count). The van der Waals surface area contributed by atoms with Crippen molar-refractivity contribution in [3.63, 3.8) is 0 Å². The van der Waals surface area contributed by atoms with Crippen LogP contribution < -0.4 is 11.4 Å². The maximum atomic E-state index is 11.6. The van der Waals surface area contributed by atoms with Gasteiger partial charge in [-0.25, -0.2) is 4.79 Å². The monoisotopic (exact) mass is 233 g/mol. The Morgan fingerprint density at radius 3 is 2.88 bits per heavy atom. The van der Waals surface area contributed by atoms with Crippen molar-refractivity contribution < 1.29 is 13.9 Å². The second-order valence-electron chi connectivity index (χ2n) is 3.64. The lowest BCUT2D eigenvalue weighted by Crippen LogP contribution is -2.10. The molecule has 1 aromatic carbocycles. The normalized spacial score (nSPS) is 10.4. The highest BCUT2D eigenvalue weighted by molar-refractivity contribution is 5.80. The predicted octanol–water partition coefficient (Wildman–Crippen LogP) is 1.44. The second kappa shape index (κ2) is 4.29. The van der Waals surface area contributed by atoms with Gasteiger partial charge in [-0.15, -0.1) is 0 Å². The average molecular weight is 233 g/mol. The van der Waals surface area contributed by atoms with Crippen molar-refractivity contribution in [2.75, 3.05) is 5.73 Å². The first-order valence-electron chi connectivity index (χ1n) is 5.02. The molecular weight excluding hydrogens is 222 g/mol. The summed E-state index contributed by atoms with van der Waals surface area (Å²) in [6.07, 6.45) is 0. The van der Waals surface area contributed by atoms with Crippen LogP contribution in [0.4, 0.5) is 5.69 Å². The fourth-order valence-electron chi connectivity index (χ4n) is 1.45. The van der Waals surface area contributed by atoms with Crippen LogP contribution in [-0.2, 0) is 16.1 Å². The zero-order chi connectivity index (χ0) is 12.4. The first-order chi connectivity index (χ1) is 8.06. The molecule has 1 heterocycles. The van der Waals surface area contributed by atoms with Gasteiger partial charge < -0.3 is 14.9 Å². The number of nitrogen functional groups attached to an aromatic ring is 1. The molecule has 0 saturated heterocycles. The molecule has 1 aromatic heterocycles. The van der Waals surface area contributed by atoms with Gasteiger partial charge in [0.2, 0.25) is 0 Å². The van der Waals surface area contributed by atoms with Crippen molar-refractivity contribution in [2.45, 2.75) is 13.5 Å². The first kappa shape index (κ1) is 11.2. The molecule has 0 atom stereocenters. The van der Waals surface area contributed by atoms with E-state index in [4.69, 9.17) is 14.9 Å². The average Bonchev–Trinajstić information content (AvgIpc) is 2.26. The van der Waals surface area contributed by atoms with Gasteiger partial charge in [0.15, 0.2) is 0 Å². The Hall–Kier alpha value is -2.30. The SMILES string of the molecule is CC(=O)OCc1cc2ccc(N)cc2oc1=O. The molecule has 5 nitrogen and oxygen atoms in total. The summed E-state index contributed by atoms with van der Waals surface area (Å²) < 4.78 is 9.84. The Bertz CT molecular complexity index is 630. The summed E-state index contributed by atoms with van der Waals surface area (Å²) in [4.78, 5) is 22.2. The molecule has 0 amide bonds. The largest absolute Gasteiger partial charge is 0.461 e. The molecule has 5 heteroatoms. The molecule has 2 N–H and O–H groups in total. The molecular formula is C12H11NO4. The molecule has 88 valence electrons. The molecule has 0 unspecified atom stereocenters. The highest BCUT2D eigenvalue weighted by Crippen LogP contribution is 2.16. The molecule has 0 aliphatic carbocycles. The van der Waals surface area contributed by atoms with E-state index in [-0.39, 0.29) is 6.61 Å². The van der Waals surface area contributed by atoms with Crippen LogP contribution >= 0.6 is 0 Å². The number of hydrogen-bond donors (Lipinski definition) is 1. The van der Waals surface area contributed by atoms with E-state index in [0.29, 0.717) is 16.8 Å². The Morgan fingerprint density at radius 2 is 2.18 bits per heavy atom. The lowest BCUT2D eigenvalue weighted by atomic mass is 10.2. The van der Waals surface area contributed by atoms with E-state index in [0.717, 1.165) is 5.39 Å². The van der Waals surface area contributed by atoms with Gasteiger partial charge in [-0.05, 0) is 18.2 Å². The van der Waals surface area contributed by atoms with E-state index in [1.54, 1.807) is 24.3 Å². The Balaban J connectivity index is 2.45. The van der Waals surface area contributed by atoms with Crippen LogP contribution in [0, 0.1) is 0 Å². The van der Waals surface area contributed by atoms with Gasteiger partial charge in [0, 0.05) is 24.1 Å². The summed E-state index contributed by atoms with van der Waals surface area (Å²) in [7, 11) is 0. The van der Waals surface area contributed by atoms with Crippen molar-refractivity contribution in [3.8, 4) is 0 Å². The number of nitrogens with two attached hydrogens (primary N) is 1. The zero-order valence-electron chi connectivity index (χ0n) is 9.23. The minimum atomic E-state index is -0.524. The Morgan fingerprint density at radius 1 is 1.41 bits per heavy atom. The molecule has 0 aliphatic rings. The summed E-state index contributed by atoms with van der Waals surface area (Å²) in [6, 6.07) is 6.65. The van der Waals surface area contributed by atoms with Gasteiger partial charge in [0.05, 0.1) is 5.56 Å². The van der Waals surface area contributed by atoms with Gasteiger partial charge in [-0.3, -0.25) is 4.79 Å². The maximum absolute atomic E-state index is 11.6. The van der Waals surface area contributed by atoms with Gasteiger partial charge in [0.1, 0.15) is 12.2 Å². The molecule has 0 fully saturated rings. The van der Waals surface area contributed by atoms with E-state index < -0.39 is 11.6 Å². The lowest BCUT2D eigenvalue weighted by Gasteiger charge is -2.03. The van der Waals surface area contributed by atoms with Gasteiger partial charge >= 0.3 is 11.6 Å². The quantitative estimate of drug-likeness (QED) is 0.482. The number of anilines is 1. The van der Waals surface area contributed by atoms with Gasteiger partial charge in [-0.2, -0.15) is 0 Å². The number of rotatable bonds is 2. The van der Waals surface area contributed by atoms with E-state index >= 15 is 0 Å². The van der Waals surface area contributed by atoms with Crippen LogP contribution in [0.3, 0.4) is 0 Å². The fourth-order valence-corrected chi connectivity index (χ4v) is 1.45. The van der Waals surface area contributed by atoms with Gasteiger partial charge in [0.25, 0.3) is 0 Å². The first-order valence-corrected chi connectivity index (χ1v) is 5.02. The van der Waals surface area contributed by atoms with E-state index in [1.165, 1.54) is 6.92 Å². The van der Waals surface area contributed by atoms with Gasteiger partial charge in [-0.1, -0.05) is 0 Å². The summed E-state index contributed by atoms with van der Waals surface area (Å²) in [5, 5.41) is 0.737. The number of carbonyl (C=O) groups is 1. The van der Waals surface area contributed by atoms with Crippen LogP contribution in [0.15, 0.2) is 33.5 Å². The molecule has 0 spiro atoms. The van der Waals surface area contributed by atoms with Crippen LogP contribution in [0.2, 0.25) is 0 Å². The molecule has 2 aromatic rings. The smallest absolute Gasteiger partial charge is 0.342 e. The number of benzene rings is 1. The molecule has 0 radical (unpaired) electrons. The highest BCUT2D eigenvalue weighted by Gasteiger charge is 2.07. The number of fused-ring (bicyclic) bond motifs is 1. The topological polar surface area (TPSA) is 82.5 Å². The number of carbonyl (C=O) groups excluding carboxylic acids is 1. The van der Waals surface area contributed by atoms with Crippen molar-refractivity contribution in [3.05, 3.63) is 40.2 Å². The third kappa shape index (κ3) is 2.44.